The van der Waals surface area contributed by atoms with Gasteiger partial charge in [0.25, 0.3) is 5.91 Å². The molecule has 0 saturated carbocycles. The number of amides is 2. The van der Waals surface area contributed by atoms with Crippen molar-refractivity contribution in [3.8, 4) is 5.75 Å². The summed E-state index contributed by atoms with van der Waals surface area (Å²) in [5.74, 6) is -0.345. The Morgan fingerprint density at radius 3 is 2.42 bits per heavy atom. The number of carbonyl (C=O) groups is 4. The first kappa shape index (κ1) is 19.6. The van der Waals surface area contributed by atoms with Gasteiger partial charge in [0.2, 0.25) is 5.91 Å². The molecule has 0 radical (unpaired) electrons. The van der Waals surface area contributed by atoms with Crippen LogP contribution in [0.2, 0.25) is 0 Å². The predicted octanol–water partition coefficient (Wildman–Crippen LogP) is 1.70. The fraction of sp³-hybridized carbons (Fsp3) is 0.474. The SMILES string of the molecule is CC(=O)CCC(=O)NC1CCN(C(=O)c2cccc(OC(C)=O)c2)CC1. The third-order valence-electron chi connectivity index (χ3n) is 4.19. The number of esters is 1. The number of Topliss-reactive ketones (excluding diaryl/α,β-unsaturated/α-hetero) is 1. The maximum atomic E-state index is 12.6. The number of nitrogens with one attached hydrogen (secondary N) is 1. The molecule has 1 aliphatic heterocycles. The zero-order chi connectivity index (χ0) is 19.1. The molecule has 1 saturated heterocycles. The second-order valence-electron chi connectivity index (χ2n) is 6.46. The summed E-state index contributed by atoms with van der Waals surface area (Å²) in [7, 11) is 0. The Kier molecular flexibility index (Phi) is 6.89. The highest BCUT2D eigenvalue weighted by molar-refractivity contribution is 5.94. The van der Waals surface area contributed by atoms with Gasteiger partial charge in [0, 0.05) is 44.5 Å². The first-order valence-electron chi connectivity index (χ1n) is 8.71. The highest BCUT2D eigenvalue weighted by Gasteiger charge is 2.24. The van der Waals surface area contributed by atoms with E-state index in [4.69, 9.17) is 4.74 Å². The molecule has 0 aromatic heterocycles. The van der Waals surface area contributed by atoms with Crippen LogP contribution in [0.4, 0.5) is 0 Å². The Morgan fingerprint density at radius 1 is 1.12 bits per heavy atom. The van der Waals surface area contributed by atoms with Gasteiger partial charge in [0.05, 0.1) is 0 Å². The van der Waals surface area contributed by atoms with Crippen LogP contribution in [0, 0.1) is 0 Å². The molecule has 0 unspecified atom stereocenters. The van der Waals surface area contributed by atoms with Crippen molar-refractivity contribution < 1.29 is 23.9 Å². The largest absolute Gasteiger partial charge is 0.427 e. The third kappa shape index (κ3) is 5.98. The minimum absolute atomic E-state index is 0.00320. The molecular formula is C19H24N2O5. The lowest BCUT2D eigenvalue weighted by atomic mass is 10.0. The van der Waals surface area contributed by atoms with Crippen LogP contribution in [-0.2, 0) is 14.4 Å². The van der Waals surface area contributed by atoms with Crippen LogP contribution < -0.4 is 10.1 Å². The van der Waals surface area contributed by atoms with Crippen molar-refractivity contribution in [1.82, 2.24) is 10.2 Å². The number of nitrogens with zero attached hydrogens (tertiary/aromatic N) is 1. The predicted molar refractivity (Wildman–Crippen MR) is 94.7 cm³/mol. The van der Waals surface area contributed by atoms with Gasteiger partial charge in [-0.1, -0.05) is 6.07 Å². The summed E-state index contributed by atoms with van der Waals surface area (Å²) >= 11 is 0. The summed E-state index contributed by atoms with van der Waals surface area (Å²) < 4.78 is 5.01. The van der Waals surface area contributed by atoms with Gasteiger partial charge < -0.3 is 19.7 Å². The van der Waals surface area contributed by atoms with Crippen LogP contribution in [0.5, 0.6) is 5.75 Å². The number of hydrogen-bond acceptors (Lipinski definition) is 5. The fourth-order valence-corrected chi connectivity index (χ4v) is 2.86. The number of carbonyl (C=O) groups excluding carboxylic acids is 4. The van der Waals surface area contributed by atoms with Crippen LogP contribution >= 0.6 is 0 Å². The van der Waals surface area contributed by atoms with E-state index in [0.29, 0.717) is 37.2 Å². The number of benzene rings is 1. The first-order valence-corrected chi connectivity index (χ1v) is 8.71. The molecule has 1 aliphatic rings. The molecule has 26 heavy (non-hydrogen) atoms. The molecular weight excluding hydrogens is 336 g/mol. The van der Waals surface area contributed by atoms with Crippen molar-refractivity contribution in [2.75, 3.05) is 13.1 Å². The Balaban J connectivity index is 1.85. The molecule has 0 spiro atoms. The number of piperidine rings is 1. The Bertz CT molecular complexity index is 693. The molecule has 2 amide bonds. The Hall–Kier alpha value is -2.70. The fourth-order valence-electron chi connectivity index (χ4n) is 2.86. The lowest BCUT2D eigenvalue weighted by molar-refractivity contribution is -0.132. The number of hydrogen-bond donors (Lipinski definition) is 1. The minimum Gasteiger partial charge on any atom is -0.427 e. The summed E-state index contributed by atoms with van der Waals surface area (Å²) in [6.07, 6.45) is 1.79. The van der Waals surface area contributed by atoms with E-state index in [9.17, 15) is 19.2 Å². The van der Waals surface area contributed by atoms with Crippen molar-refractivity contribution in [3.63, 3.8) is 0 Å². The van der Waals surface area contributed by atoms with Gasteiger partial charge in [0.1, 0.15) is 11.5 Å². The summed E-state index contributed by atoms with van der Waals surface area (Å²) in [6.45, 7) is 3.85. The lowest BCUT2D eigenvalue weighted by Crippen LogP contribution is -2.46. The topological polar surface area (TPSA) is 92.8 Å². The molecule has 0 atom stereocenters. The van der Waals surface area contributed by atoms with Gasteiger partial charge in [-0.15, -0.1) is 0 Å². The number of ketones is 1. The van der Waals surface area contributed by atoms with Crippen LogP contribution in [0.25, 0.3) is 0 Å². The van der Waals surface area contributed by atoms with E-state index in [1.54, 1.807) is 29.2 Å². The van der Waals surface area contributed by atoms with Gasteiger partial charge in [-0.25, -0.2) is 0 Å². The Labute approximate surface area is 152 Å². The zero-order valence-corrected chi connectivity index (χ0v) is 15.1. The summed E-state index contributed by atoms with van der Waals surface area (Å²) in [5.41, 5.74) is 0.465. The van der Waals surface area contributed by atoms with Crippen molar-refractivity contribution in [1.29, 1.82) is 0 Å². The quantitative estimate of drug-likeness (QED) is 0.616. The molecule has 140 valence electrons. The van der Waals surface area contributed by atoms with E-state index in [2.05, 4.69) is 5.32 Å². The zero-order valence-electron chi connectivity index (χ0n) is 15.1. The van der Waals surface area contributed by atoms with E-state index < -0.39 is 5.97 Å². The van der Waals surface area contributed by atoms with Crippen molar-refractivity contribution >= 4 is 23.6 Å². The van der Waals surface area contributed by atoms with E-state index in [1.807, 2.05) is 0 Å². The van der Waals surface area contributed by atoms with E-state index >= 15 is 0 Å². The van der Waals surface area contributed by atoms with E-state index in [-0.39, 0.29) is 36.5 Å². The van der Waals surface area contributed by atoms with Gasteiger partial charge in [0.15, 0.2) is 0 Å². The molecule has 1 aromatic carbocycles. The molecule has 7 heteroatoms. The average Bonchev–Trinajstić information content (AvgIpc) is 2.60. The van der Waals surface area contributed by atoms with Gasteiger partial charge >= 0.3 is 5.97 Å². The van der Waals surface area contributed by atoms with Crippen LogP contribution in [0.15, 0.2) is 24.3 Å². The standard InChI is InChI=1S/C19H24N2O5/c1-13(22)6-7-18(24)20-16-8-10-21(11-9-16)19(25)15-4-3-5-17(12-15)26-14(2)23/h3-5,12,16H,6-11H2,1-2H3,(H,20,24). The summed E-state index contributed by atoms with van der Waals surface area (Å²) in [5, 5.41) is 2.92. The monoisotopic (exact) mass is 360 g/mol. The second kappa shape index (κ2) is 9.12. The molecule has 1 aromatic rings. The normalized spacial score (nSPS) is 14.6. The van der Waals surface area contributed by atoms with Crippen LogP contribution in [-0.4, -0.2) is 47.6 Å². The summed E-state index contributed by atoms with van der Waals surface area (Å²) in [6, 6.07) is 6.56. The Morgan fingerprint density at radius 2 is 1.81 bits per heavy atom. The number of rotatable bonds is 6. The molecule has 7 nitrogen and oxygen atoms in total. The van der Waals surface area contributed by atoms with E-state index in [0.717, 1.165) is 0 Å². The van der Waals surface area contributed by atoms with Crippen molar-refractivity contribution in [3.05, 3.63) is 29.8 Å². The average molecular weight is 360 g/mol. The smallest absolute Gasteiger partial charge is 0.308 e. The van der Waals surface area contributed by atoms with Gasteiger partial charge in [-0.3, -0.25) is 14.4 Å². The number of likely N-dealkylation sites (tertiary alicyclic amines) is 1. The maximum Gasteiger partial charge on any atom is 0.308 e. The van der Waals surface area contributed by atoms with Crippen molar-refractivity contribution in [2.24, 2.45) is 0 Å². The molecule has 0 aliphatic carbocycles. The minimum atomic E-state index is -0.434. The molecule has 1 heterocycles. The van der Waals surface area contributed by atoms with Gasteiger partial charge in [-0.2, -0.15) is 0 Å². The number of ether oxygens (including phenoxy) is 1. The second-order valence-corrected chi connectivity index (χ2v) is 6.46. The van der Waals surface area contributed by atoms with Gasteiger partial charge in [-0.05, 0) is 38.0 Å². The van der Waals surface area contributed by atoms with Crippen LogP contribution in [0.3, 0.4) is 0 Å². The highest BCUT2D eigenvalue weighted by atomic mass is 16.5. The molecule has 1 N–H and O–H groups in total. The van der Waals surface area contributed by atoms with Crippen molar-refractivity contribution in [2.45, 2.75) is 45.6 Å². The summed E-state index contributed by atoms with van der Waals surface area (Å²) in [4.78, 5) is 48.1. The molecule has 2 rings (SSSR count). The molecule has 1 fully saturated rings. The highest BCUT2D eigenvalue weighted by Crippen LogP contribution is 2.18. The lowest BCUT2D eigenvalue weighted by Gasteiger charge is -2.32. The molecule has 0 bridgehead atoms. The first-order chi connectivity index (χ1) is 12.3. The van der Waals surface area contributed by atoms with Crippen LogP contribution in [0.1, 0.15) is 49.9 Å². The van der Waals surface area contributed by atoms with E-state index in [1.165, 1.54) is 13.8 Å². The maximum absolute atomic E-state index is 12.6. The third-order valence-corrected chi connectivity index (χ3v) is 4.19.